The minimum absolute atomic E-state index is 0.116. The fourth-order valence-corrected chi connectivity index (χ4v) is 2.52. The van der Waals surface area contributed by atoms with E-state index in [0.717, 1.165) is 25.7 Å². The van der Waals surface area contributed by atoms with Gasteiger partial charge < -0.3 is 15.2 Å². The molecule has 1 fully saturated rings. The van der Waals surface area contributed by atoms with Crippen LogP contribution in [0.25, 0.3) is 0 Å². The Morgan fingerprint density at radius 3 is 2.67 bits per heavy atom. The molecule has 0 bridgehead atoms. The molecule has 0 aromatic heterocycles. The number of hydrogen-bond acceptors (Lipinski definition) is 3. The summed E-state index contributed by atoms with van der Waals surface area (Å²) in [7, 11) is 1.52. The van der Waals surface area contributed by atoms with Gasteiger partial charge in [0.1, 0.15) is 11.6 Å². The van der Waals surface area contributed by atoms with Crippen molar-refractivity contribution in [1.29, 1.82) is 0 Å². The molecule has 0 unspecified atom stereocenters. The average molecular weight is 253 g/mol. The van der Waals surface area contributed by atoms with Crippen molar-refractivity contribution in [2.24, 2.45) is 0 Å². The number of nitrogens with one attached hydrogen (secondary N) is 1. The quantitative estimate of drug-likeness (QED) is 0.845. The van der Waals surface area contributed by atoms with Crippen molar-refractivity contribution in [3.05, 3.63) is 29.6 Å². The van der Waals surface area contributed by atoms with E-state index >= 15 is 0 Å². The Balaban J connectivity index is 2.01. The Bertz CT molecular complexity index is 403. The van der Waals surface area contributed by atoms with Gasteiger partial charge >= 0.3 is 0 Å². The first-order valence-electron chi connectivity index (χ1n) is 6.37. The Labute approximate surface area is 107 Å². The third kappa shape index (κ3) is 2.82. The highest BCUT2D eigenvalue weighted by Gasteiger charge is 2.32. The second-order valence-corrected chi connectivity index (χ2v) is 4.96. The van der Waals surface area contributed by atoms with Crippen LogP contribution in [0.4, 0.5) is 4.39 Å². The van der Waals surface area contributed by atoms with E-state index in [1.807, 2.05) is 0 Å². The molecule has 2 rings (SSSR count). The second kappa shape index (κ2) is 5.67. The van der Waals surface area contributed by atoms with E-state index in [9.17, 15) is 9.50 Å². The van der Waals surface area contributed by atoms with Gasteiger partial charge in [-0.05, 0) is 18.9 Å². The summed E-state index contributed by atoms with van der Waals surface area (Å²) >= 11 is 0. The van der Waals surface area contributed by atoms with Crippen LogP contribution in [0, 0.1) is 5.82 Å². The van der Waals surface area contributed by atoms with Crippen LogP contribution in [0.3, 0.4) is 0 Å². The van der Waals surface area contributed by atoms with Gasteiger partial charge in [0.2, 0.25) is 0 Å². The number of hydrogen-bond donors (Lipinski definition) is 2. The van der Waals surface area contributed by atoms with Crippen LogP contribution in [0.5, 0.6) is 5.75 Å². The first-order valence-corrected chi connectivity index (χ1v) is 6.37. The number of aliphatic hydroxyl groups is 1. The predicted molar refractivity (Wildman–Crippen MR) is 68.1 cm³/mol. The lowest BCUT2D eigenvalue weighted by molar-refractivity contribution is 0.162. The van der Waals surface area contributed by atoms with Gasteiger partial charge in [0.15, 0.2) is 0 Å². The van der Waals surface area contributed by atoms with Gasteiger partial charge in [-0.3, -0.25) is 0 Å². The Morgan fingerprint density at radius 1 is 1.39 bits per heavy atom. The number of aliphatic hydroxyl groups excluding tert-OH is 1. The summed E-state index contributed by atoms with van der Waals surface area (Å²) in [5, 5.41) is 12.8. The molecule has 0 aliphatic heterocycles. The first-order chi connectivity index (χ1) is 8.69. The maximum atomic E-state index is 13.8. The SMILES string of the molecule is COc1ccc(CNC2(CO)CCCC2)c(F)c1. The van der Waals surface area contributed by atoms with Crippen LogP contribution in [-0.2, 0) is 6.54 Å². The van der Waals surface area contributed by atoms with E-state index < -0.39 is 0 Å². The van der Waals surface area contributed by atoms with Crippen LogP contribution in [0.15, 0.2) is 18.2 Å². The molecule has 1 aliphatic carbocycles. The van der Waals surface area contributed by atoms with Crippen LogP contribution < -0.4 is 10.1 Å². The summed E-state index contributed by atoms with van der Waals surface area (Å²) in [5.41, 5.74) is 0.391. The molecule has 4 heteroatoms. The van der Waals surface area contributed by atoms with Gasteiger partial charge in [0, 0.05) is 23.7 Å². The highest BCUT2D eigenvalue weighted by atomic mass is 19.1. The standard InChI is InChI=1S/C14H20FNO2/c1-18-12-5-4-11(13(15)8-12)9-16-14(10-17)6-2-3-7-14/h4-5,8,16-17H,2-3,6-7,9-10H2,1H3. The number of benzene rings is 1. The number of ether oxygens (including phenoxy) is 1. The molecule has 0 spiro atoms. The van der Waals surface area contributed by atoms with E-state index in [0.29, 0.717) is 17.9 Å². The summed E-state index contributed by atoms with van der Waals surface area (Å²) in [6, 6.07) is 4.86. The molecular formula is C14H20FNO2. The molecule has 100 valence electrons. The van der Waals surface area contributed by atoms with Gasteiger partial charge in [0.05, 0.1) is 13.7 Å². The summed E-state index contributed by atoms with van der Waals surface area (Å²) in [6.45, 7) is 0.557. The van der Waals surface area contributed by atoms with Gasteiger partial charge in [0.25, 0.3) is 0 Å². The number of methoxy groups -OCH3 is 1. The van der Waals surface area contributed by atoms with E-state index in [4.69, 9.17) is 4.74 Å². The van der Waals surface area contributed by atoms with Crippen LogP contribution in [0.2, 0.25) is 0 Å². The third-order valence-electron chi connectivity index (χ3n) is 3.78. The van der Waals surface area contributed by atoms with E-state index in [-0.39, 0.29) is 18.0 Å². The minimum atomic E-state index is -0.270. The molecule has 0 amide bonds. The van der Waals surface area contributed by atoms with Gasteiger partial charge in [-0.15, -0.1) is 0 Å². The van der Waals surface area contributed by atoms with Crippen LogP contribution >= 0.6 is 0 Å². The Hall–Kier alpha value is -1.13. The summed E-state index contributed by atoms with van der Waals surface area (Å²) < 4.78 is 18.7. The lowest BCUT2D eigenvalue weighted by atomic mass is 9.98. The molecule has 3 nitrogen and oxygen atoms in total. The van der Waals surface area contributed by atoms with Crippen molar-refractivity contribution in [1.82, 2.24) is 5.32 Å². The molecular weight excluding hydrogens is 233 g/mol. The molecule has 0 radical (unpaired) electrons. The first kappa shape index (κ1) is 13.3. The predicted octanol–water partition coefficient (Wildman–Crippen LogP) is 2.23. The second-order valence-electron chi connectivity index (χ2n) is 4.96. The van der Waals surface area contributed by atoms with Crippen molar-refractivity contribution < 1.29 is 14.2 Å². The smallest absolute Gasteiger partial charge is 0.131 e. The topological polar surface area (TPSA) is 41.5 Å². The fourth-order valence-electron chi connectivity index (χ4n) is 2.52. The van der Waals surface area contributed by atoms with Crippen LogP contribution in [0.1, 0.15) is 31.2 Å². The molecule has 0 atom stereocenters. The van der Waals surface area contributed by atoms with Crippen molar-refractivity contribution in [3.63, 3.8) is 0 Å². The molecule has 0 saturated heterocycles. The highest BCUT2D eigenvalue weighted by Crippen LogP contribution is 2.29. The lowest BCUT2D eigenvalue weighted by Crippen LogP contribution is -2.45. The van der Waals surface area contributed by atoms with Gasteiger partial charge in [-0.2, -0.15) is 0 Å². The van der Waals surface area contributed by atoms with Gasteiger partial charge in [-0.1, -0.05) is 18.9 Å². The molecule has 0 heterocycles. The summed E-state index contributed by atoms with van der Waals surface area (Å²) in [5.74, 6) is 0.252. The molecule has 18 heavy (non-hydrogen) atoms. The zero-order valence-electron chi connectivity index (χ0n) is 10.7. The Morgan fingerprint density at radius 2 is 2.11 bits per heavy atom. The van der Waals surface area contributed by atoms with E-state index in [2.05, 4.69) is 5.32 Å². The zero-order valence-corrected chi connectivity index (χ0v) is 10.7. The molecule has 1 aliphatic rings. The normalized spacial score (nSPS) is 17.9. The Kier molecular flexibility index (Phi) is 4.19. The largest absolute Gasteiger partial charge is 0.497 e. The van der Waals surface area contributed by atoms with Gasteiger partial charge in [-0.25, -0.2) is 4.39 Å². The van der Waals surface area contributed by atoms with Crippen LogP contribution in [-0.4, -0.2) is 24.4 Å². The number of rotatable bonds is 5. The average Bonchev–Trinajstić information content (AvgIpc) is 2.86. The van der Waals surface area contributed by atoms with Crippen molar-refractivity contribution >= 4 is 0 Å². The lowest BCUT2D eigenvalue weighted by Gasteiger charge is -2.28. The molecule has 2 N–H and O–H groups in total. The zero-order chi connectivity index (χ0) is 13.0. The molecule has 1 aromatic rings. The molecule has 1 saturated carbocycles. The third-order valence-corrected chi connectivity index (χ3v) is 3.78. The maximum absolute atomic E-state index is 13.8. The number of halogens is 1. The minimum Gasteiger partial charge on any atom is -0.497 e. The summed E-state index contributed by atoms with van der Waals surface area (Å²) in [6.07, 6.45) is 4.17. The van der Waals surface area contributed by atoms with Crippen molar-refractivity contribution in [2.75, 3.05) is 13.7 Å². The summed E-state index contributed by atoms with van der Waals surface area (Å²) in [4.78, 5) is 0. The van der Waals surface area contributed by atoms with E-state index in [1.54, 1.807) is 12.1 Å². The molecule has 1 aromatic carbocycles. The van der Waals surface area contributed by atoms with E-state index in [1.165, 1.54) is 13.2 Å². The maximum Gasteiger partial charge on any atom is 0.131 e. The van der Waals surface area contributed by atoms with Crippen molar-refractivity contribution in [3.8, 4) is 5.75 Å². The van der Waals surface area contributed by atoms with Crippen molar-refractivity contribution in [2.45, 2.75) is 37.8 Å². The highest BCUT2D eigenvalue weighted by molar-refractivity contribution is 5.29. The fraction of sp³-hybridized carbons (Fsp3) is 0.571. The monoisotopic (exact) mass is 253 g/mol.